The summed E-state index contributed by atoms with van der Waals surface area (Å²) in [7, 11) is 0. The van der Waals surface area contributed by atoms with Crippen LogP contribution in [-0.2, 0) is 6.54 Å². The summed E-state index contributed by atoms with van der Waals surface area (Å²) in [6.45, 7) is 8.47. The van der Waals surface area contributed by atoms with E-state index in [-0.39, 0.29) is 0 Å². The van der Waals surface area contributed by atoms with Gasteiger partial charge in [-0.3, -0.25) is 4.90 Å². The number of halogens is 1. The van der Waals surface area contributed by atoms with Crippen LogP contribution >= 0.6 is 11.6 Å². The van der Waals surface area contributed by atoms with Gasteiger partial charge < -0.3 is 5.73 Å². The molecule has 0 aliphatic heterocycles. The van der Waals surface area contributed by atoms with Gasteiger partial charge in [0.2, 0.25) is 0 Å². The Morgan fingerprint density at radius 1 is 1.33 bits per heavy atom. The number of nitrogen functional groups attached to an aromatic ring is 1. The highest BCUT2D eigenvalue weighted by Crippen LogP contribution is 2.18. The van der Waals surface area contributed by atoms with Crippen LogP contribution in [-0.4, -0.2) is 22.5 Å². The molecule has 0 atom stereocenters. The Hall–Kier alpha value is -0.800. The summed E-state index contributed by atoms with van der Waals surface area (Å²) in [5, 5.41) is 0.699. The number of hydrogen-bond acceptors (Lipinski definition) is 3. The summed E-state index contributed by atoms with van der Waals surface area (Å²) in [5.41, 5.74) is 6.59. The largest absolute Gasteiger partial charge is 0.384 e. The fourth-order valence-electron chi connectivity index (χ4n) is 1.89. The van der Waals surface area contributed by atoms with Crippen LogP contribution in [0.15, 0.2) is 12.1 Å². The van der Waals surface area contributed by atoms with Crippen LogP contribution < -0.4 is 5.73 Å². The monoisotopic (exact) mass is 269 g/mol. The molecule has 0 saturated heterocycles. The van der Waals surface area contributed by atoms with Gasteiger partial charge in [-0.1, -0.05) is 31.4 Å². The van der Waals surface area contributed by atoms with Gasteiger partial charge in [0.05, 0.1) is 10.7 Å². The van der Waals surface area contributed by atoms with Crippen molar-refractivity contribution in [1.82, 2.24) is 9.88 Å². The van der Waals surface area contributed by atoms with Crippen molar-refractivity contribution in [3.05, 3.63) is 22.8 Å². The molecule has 1 aromatic rings. The second kappa shape index (κ2) is 7.59. The van der Waals surface area contributed by atoms with Crippen molar-refractivity contribution in [2.75, 3.05) is 12.3 Å². The smallest absolute Gasteiger partial charge is 0.123 e. The summed E-state index contributed by atoms with van der Waals surface area (Å²) in [5.74, 6) is 0.534. The Kier molecular flexibility index (Phi) is 6.44. The molecule has 2 N–H and O–H groups in total. The maximum atomic E-state index is 6.16. The molecule has 0 amide bonds. The lowest BCUT2D eigenvalue weighted by atomic mass is 10.2. The first-order chi connectivity index (χ1) is 8.54. The minimum Gasteiger partial charge on any atom is -0.384 e. The van der Waals surface area contributed by atoms with Gasteiger partial charge in [0.1, 0.15) is 5.82 Å². The summed E-state index contributed by atoms with van der Waals surface area (Å²) < 4.78 is 0. The highest BCUT2D eigenvalue weighted by Gasteiger charge is 2.13. The molecule has 18 heavy (non-hydrogen) atoms. The summed E-state index contributed by atoms with van der Waals surface area (Å²) >= 11 is 6.16. The molecule has 0 aromatic carbocycles. The number of hydrogen-bond donors (Lipinski definition) is 1. The Morgan fingerprint density at radius 2 is 2.06 bits per heavy atom. The molecule has 1 aromatic heterocycles. The molecule has 3 nitrogen and oxygen atoms in total. The Labute approximate surface area is 115 Å². The van der Waals surface area contributed by atoms with E-state index >= 15 is 0 Å². The Bertz CT molecular complexity index is 366. The lowest BCUT2D eigenvalue weighted by molar-refractivity contribution is 0.206. The lowest BCUT2D eigenvalue weighted by Crippen LogP contribution is -2.31. The van der Waals surface area contributed by atoms with E-state index in [2.05, 4.69) is 30.7 Å². The fourth-order valence-corrected chi connectivity index (χ4v) is 2.05. The fraction of sp³-hybridized carbons (Fsp3) is 0.643. The molecule has 102 valence electrons. The summed E-state index contributed by atoms with van der Waals surface area (Å²) in [4.78, 5) is 6.72. The first-order valence-corrected chi connectivity index (χ1v) is 7.07. The predicted octanol–water partition coefficient (Wildman–Crippen LogP) is 3.72. The normalized spacial score (nSPS) is 11.4. The standard InChI is InChI=1S/C14H24ClN3/c1-4-5-6-9-18(11(2)3)10-13-12(15)7-8-14(16)17-13/h7-8,11H,4-6,9-10H2,1-3H3,(H2,16,17). The quantitative estimate of drug-likeness (QED) is 0.767. The molecular formula is C14H24ClN3. The maximum Gasteiger partial charge on any atom is 0.123 e. The van der Waals surface area contributed by atoms with Crippen molar-refractivity contribution in [3.8, 4) is 0 Å². The van der Waals surface area contributed by atoms with E-state index in [1.165, 1.54) is 19.3 Å². The zero-order valence-electron chi connectivity index (χ0n) is 11.6. The number of anilines is 1. The first-order valence-electron chi connectivity index (χ1n) is 6.69. The average Bonchev–Trinajstić information content (AvgIpc) is 2.32. The van der Waals surface area contributed by atoms with E-state index in [0.717, 1.165) is 18.8 Å². The van der Waals surface area contributed by atoms with Gasteiger partial charge >= 0.3 is 0 Å². The topological polar surface area (TPSA) is 42.2 Å². The minimum atomic E-state index is 0.487. The summed E-state index contributed by atoms with van der Waals surface area (Å²) in [6.07, 6.45) is 3.72. The van der Waals surface area contributed by atoms with Crippen LogP contribution in [0.4, 0.5) is 5.82 Å². The summed E-state index contributed by atoms with van der Waals surface area (Å²) in [6, 6.07) is 4.05. The van der Waals surface area contributed by atoms with Gasteiger partial charge in [0, 0.05) is 12.6 Å². The van der Waals surface area contributed by atoms with Crippen molar-refractivity contribution in [2.24, 2.45) is 0 Å². The Balaban J connectivity index is 2.67. The zero-order chi connectivity index (χ0) is 13.5. The molecule has 0 aliphatic carbocycles. The van der Waals surface area contributed by atoms with Crippen molar-refractivity contribution in [2.45, 2.75) is 52.6 Å². The number of nitrogens with two attached hydrogens (primary N) is 1. The van der Waals surface area contributed by atoms with E-state index in [1.54, 1.807) is 6.07 Å². The molecule has 0 saturated carbocycles. The van der Waals surface area contributed by atoms with E-state index < -0.39 is 0 Å². The van der Waals surface area contributed by atoms with Gasteiger partial charge in [0.15, 0.2) is 0 Å². The molecule has 0 radical (unpaired) electrons. The molecule has 0 aliphatic rings. The van der Waals surface area contributed by atoms with Gasteiger partial charge in [-0.05, 0) is 38.9 Å². The van der Waals surface area contributed by atoms with E-state index in [9.17, 15) is 0 Å². The number of unbranched alkanes of at least 4 members (excludes halogenated alkanes) is 2. The number of aromatic nitrogens is 1. The van der Waals surface area contributed by atoms with Crippen molar-refractivity contribution in [3.63, 3.8) is 0 Å². The second-order valence-electron chi connectivity index (χ2n) is 4.94. The van der Waals surface area contributed by atoms with Crippen LogP contribution in [0.5, 0.6) is 0 Å². The maximum absolute atomic E-state index is 6.16. The zero-order valence-corrected chi connectivity index (χ0v) is 12.4. The molecule has 0 spiro atoms. The average molecular weight is 270 g/mol. The molecule has 0 unspecified atom stereocenters. The van der Waals surface area contributed by atoms with Crippen molar-refractivity contribution >= 4 is 17.4 Å². The minimum absolute atomic E-state index is 0.487. The SMILES string of the molecule is CCCCCN(Cc1nc(N)ccc1Cl)C(C)C. The van der Waals surface area contributed by atoms with Crippen LogP contribution in [0.25, 0.3) is 0 Å². The third kappa shape index (κ3) is 4.83. The van der Waals surface area contributed by atoms with Gasteiger partial charge in [-0.2, -0.15) is 0 Å². The third-order valence-corrected chi connectivity index (χ3v) is 3.42. The third-order valence-electron chi connectivity index (χ3n) is 3.07. The first kappa shape index (κ1) is 15.3. The lowest BCUT2D eigenvalue weighted by Gasteiger charge is -2.26. The second-order valence-corrected chi connectivity index (χ2v) is 5.34. The molecular weight excluding hydrogens is 246 g/mol. The molecule has 1 rings (SSSR count). The van der Waals surface area contributed by atoms with Crippen molar-refractivity contribution in [1.29, 1.82) is 0 Å². The number of pyridine rings is 1. The molecule has 0 fully saturated rings. The molecule has 0 bridgehead atoms. The highest BCUT2D eigenvalue weighted by atomic mass is 35.5. The Morgan fingerprint density at radius 3 is 2.67 bits per heavy atom. The molecule has 1 heterocycles. The van der Waals surface area contributed by atoms with Crippen molar-refractivity contribution < 1.29 is 0 Å². The van der Waals surface area contributed by atoms with Gasteiger partial charge in [0.25, 0.3) is 0 Å². The van der Waals surface area contributed by atoms with Gasteiger partial charge in [-0.25, -0.2) is 4.98 Å². The van der Waals surface area contributed by atoms with Gasteiger partial charge in [-0.15, -0.1) is 0 Å². The van der Waals surface area contributed by atoms with Crippen LogP contribution in [0, 0.1) is 0 Å². The molecule has 4 heteroatoms. The predicted molar refractivity (Wildman–Crippen MR) is 78.7 cm³/mol. The van der Waals surface area contributed by atoms with Crippen LogP contribution in [0.2, 0.25) is 5.02 Å². The highest BCUT2D eigenvalue weighted by molar-refractivity contribution is 6.31. The van der Waals surface area contributed by atoms with E-state index in [4.69, 9.17) is 17.3 Å². The van der Waals surface area contributed by atoms with E-state index in [1.807, 2.05) is 6.07 Å². The number of rotatable bonds is 7. The van der Waals surface area contributed by atoms with Crippen LogP contribution in [0.1, 0.15) is 45.7 Å². The number of nitrogens with zero attached hydrogens (tertiary/aromatic N) is 2. The van der Waals surface area contributed by atoms with Crippen LogP contribution in [0.3, 0.4) is 0 Å². The van der Waals surface area contributed by atoms with E-state index in [0.29, 0.717) is 16.9 Å².